The van der Waals surface area contributed by atoms with Crippen LogP contribution >= 0.6 is 23.1 Å². The Labute approximate surface area is 145 Å². The number of anilines is 1. The van der Waals surface area contributed by atoms with E-state index in [1.165, 1.54) is 19.8 Å². The Morgan fingerprint density at radius 1 is 1.00 bits per heavy atom. The van der Waals surface area contributed by atoms with Crippen LogP contribution in [0.3, 0.4) is 0 Å². The van der Waals surface area contributed by atoms with Gasteiger partial charge in [-0.05, 0) is 36.0 Å². The Kier molecular flexibility index (Phi) is 4.85. The number of thioether (sulfide) groups is 1. The molecule has 0 radical (unpaired) electrons. The lowest BCUT2D eigenvalue weighted by atomic mass is 10.3. The van der Waals surface area contributed by atoms with Crippen molar-refractivity contribution in [3.8, 4) is 0 Å². The van der Waals surface area contributed by atoms with Gasteiger partial charge in [-0.1, -0.05) is 0 Å². The van der Waals surface area contributed by atoms with Crippen molar-refractivity contribution in [2.75, 3.05) is 57.5 Å². The molecule has 3 aliphatic rings. The first-order chi connectivity index (χ1) is 11.4. The van der Waals surface area contributed by atoms with Crippen LogP contribution in [0.4, 0.5) is 5.00 Å². The molecule has 3 aliphatic heterocycles. The van der Waals surface area contributed by atoms with Crippen LogP contribution in [-0.2, 0) is 9.47 Å². The summed E-state index contributed by atoms with van der Waals surface area (Å²) in [6, 6.07) is 4.46. The van der Waals surface area contributed by atoms with Gasteiger partial charge in [0.25, 0.3) is 0 Å². The molecule has 23 heavy (non-hydrogen) atoms. The lowest BCUT2D eigenvalue weighted by Gasteiger charge is -2.27. The Morgan fingerprint density at radius 2 is 1.78 bits per heavy atom. The van der Waals surface area contributed by atoms with E-state index in [0.29, 0.717) is 0 Å². The highest BCUT2D eigenvalue weighted by Crippen LogP contribution is 2.33. The maximum atomic E-state index is 5.43. The van der Waals surface area contributed by atoms with Gasteiger partial charge >= 0.3 is 0 Å². The molecular formula is C17H21N2O2S2+. The summed E-state index contributed by atoms with van der Waals surface area (Å²) in [5.74, 6) is 0. The fraction of sp³-hybridized carbons (Fsp3) is 0.471. The van der Waals surface area contributed by atoms with Crippen molar-refractivity contribution in [1.29, 1.82) is 0 Å². The Bertz CT molecular complexity index is 649. The minimum Gasteiger partial charge on any atom is -0.378 e. The van der Waals surface area contributed by atoms with E-state index in [-0.39, 0.29) is 0 Å². The summed E-state index contributed by atoms with van der Waals surface area (Å²) < 4.78 is 13.3. The number of hydrogen-bond donors (Lipinski definition) is 0. The zero-order valence-electron chi connectivity index (χ0n) is 13.1. The Morgan fingerprint density at radius 3 is 2.61 bits per heavy atom. The van der Waals surface area contributed by atoms with Crippen LogP contribution in [0.15, 0.2) is 29.2 Å². The van der Waals surface area contributed by atoms with Crippen molar-refractivity contribution < 1.29 is 14.0 Å². The summed E-state index contributed by atoms with van der Waals surface area (Å²) in [7, 11) is 0. The van der Waals surface area contributed by atoms with E-state index in [2.05, 4.69) is 39.8 Å². The maximum Gasteiger partial charge on any atom is 0.239 e. The van der Waals surface area contributed by atoms with Crippen LogP contribution in [0.2, 0.25) is 0 Å². The molecule has 0 N–H and O–H groups in total. The van der Waals surface area contributed by atoms with Crippen LogP contribution in [0, 0.1) is 0 Å². The van der Waals surface area contributed by atoms with Gasteiger partial charge in [-0.15, -0.1) is 11.3 Å². The molecule has 1 aromatic rings. The Balaban J connectivity index is 1.45. The highest BCUT2D eigenvalue weighted by molar-refractivity contribution is 8.18. The molecular weight excluding hydrogens is 328 g/mol. The average molecular weight is 350 g/mol. The third-order valence-electron chi connectivity index (χ3n) is 4.16. The normalized spacial score (nSPS) is 24.0. The summed E-state index contributed by atoms with van der Waals surface area (Å²) in [6.45, 7) is 7.35. The minimum absolute atomic E-state index is 0.838. The van der Waals surface area contributed by atoms with Gasteiger partial charge < -0.3 is 14.4 Å². The second-order valence-corrected chi connectivity index (χ2v) is 7.88. The average Bonchev–Trinajstić information content (AvgIpc) is 3.27. The van der Waals surface area contributed by atoms with E-state index in [1.807, 2.05) is 23.1 Å². The molecule has 1 aromatic heterocycles. The van der Waals surface area contributed by atoms with Crippen molar-refractivity contribution in [3.63, 3.8) is 0 Å². The molecule has 0 bridgehead atoms. The zero-order valence-corrected chi connectivity index (χ0v) is 14.7. The van der Waals surface area contributed by atoms with Gasteiger partial charge in [-0.2, -0.15) is 0 Å². The van der Waals surface area contributed by atoms with Crippen LogP contribution in [-0.4, -0.2) is 62.2 Å². The first-order valence-corrected chi connectivity index (χ1v) is 9.72. The number of thiophene rings is 1. The number of rotatable bonds is 2. The van der Waals surface area contributed by atoms with E-state index < -0.39 is 0 Å². The lowest BCUT2D eigenvalue weighted by Crippen LogP contribution is -2.35. The molecule has 0 spiro atoms. The van der Waals surface area contributed by atoms with E-state index in [9.17, 15) is 0 Å². The molecule has 2 saturated heterocycles. The second kappa shape index (κ2) is 7.21. The molecule has 6 heteroatoms. The molecule has 4 rings (SSSR count). The molecule has 0 atom stereocenters. The van der Waals surface area contributed by atoms with Gasteiger partial charge in [-0.3, -0.25) is 0 Å². The largest absolute Gasteiger partial charge is 0.378 e. The van der Waals surface area contributed by atoms with E-state index >= 15 is 0 Å². The third kappa shape index (κ3) is 3.71. The highest BCUT2D eigenvalue weighted by atomic mass is 32.2. The Hall–Kier alpha value is -1.08. The van der Waals surface area contributed by atoms with Gasteiger partial charge in [0, 0.05) is 28.9 Å². The zero-order chi connectivity index (χ0) is 15.5. The van der Waals surface area contributed by atoms with Crippen molar-refractivity contribution >= 4 is 39.2 Å². The number of allylic oxidation sites excluding steroid dienone is 1. The number of nitrogens with zero attached hydrogens (tertiary/aromatic N) is 2. The van der Waals surface area contributed by atoms with Crippen molar-refractivity contribution in [1.82, 2.24) is 0 Å². The molecule has 0 aliphatic carbocycles. The highest BCUT2D eigenvalue weighted by Gasteiger charge is 2.21. The number of morpholine rings is 2. The van der Waals surface area contributed by atoms with Crippen LogP contribution in [0.25, 0.3) is 6.08 Å². The smallest absolute Gasteiger partial charge is 0.239 e. The maximum absolute atomic E-state index is 5.43. The van der Waals surface area contributed by atoms with Crippen molar-refractivity contribution in [2.45, 2.75) is 0 Å². The fourth-order valence-corrected chi connectivity index (χ4v) is 4.98. The van der Waals surface area contributed by atoms with Gasteiger partial charge in [0.05, 0.1) is 18.2 Å². The molecule has 0 unspecified atom stereocenters. The summed E-state index contributed by atoms with van der Waals surface area (Å²) in [5.41, 5.74) is 0. The van der Waals surface area contributed by atoms with Gasteiger partial charge in [0.2, 0.25) is 5.04 Å². The SMILES string of the molecule is C1=C/C(=C/c2ccc(N3CCOCC3)s2)SC1=[N+]1CCOCC1. The molecule has 4 heterocycles. The lowest BCUT2D eigenvalue weighted by molar-refractivity contribution is -0.546. The van der Waals surface area contributed by atoms with Gasteiger partial charge in [0.1, 0.15) is 13.2 Å². The molecule has 4 nitrogen and oxygen atoms in total. The quantitative estimate of drug-likeness (QED) is 0.767. The molecule has 2 fully saturated rings. The molecule has 122 valence electrons. The molecule has 0 aromatic carbocycles. The third-order valence-corrected chi connectivity index (χ3v) is 6.34. The van der Waals surface area contributed by atoms with E-state index in [0.717, 1.165) is 52.6 Å². The predicted molar refractivity (Wildman–Crippen MR) is 97.9 cm³/mol. The standard InChI is InChI=1S/C17H21N2O2S2/c1-3-16(18-5-9-20-10-6-18)22-14(1)13-15-2-4-17(23-15)19-7-11-21-12-8-19/h1-4,13H,5-12H2/q+1. The van der Waals surface area contributed by atoms with Crippen LogP contribution < -0.4 is 4.90 Å². The number of hydrogen-bond acceptors (Lipinski definition) is 5. The first kappa shape index (κ1) is 15.4. The van der Waals surface area contributed by atoms with Crippen LogP contribution in [0.5, 0.6) is 0 Å². The minimum atomic E-state index is 0.838. The summed E-state index contributed by atoms with van der Waals surface area (Å²) in [5, 5.41) is 2.70. The molecule has 0 saturated carbocycles. The number of ether oxygens (including phenoxy) is 2. The van der Waals surface area contributed by atoms with E-state index in [1.54, 1.807) is 0 Å². The van der Waals surface area contributed by atoms with Crippen molar-refractivity contribution in [3.05, 3.63) is 34.1 Å². The van der Waals surface area contributed by atoms with Crippen molar-refractivity contribution in [2.24, 2.45) is 0 Å². The van der Waals surface area contributed by atoms with Gasteiger partial charge in [0.15, 0.2) is 13.1 Å². The predicted octanol–water partition coefficient (Wildman–Crippen LogP) is 2.67. The first-order valence-electron chi connectivity index (χ1n) is 8.08. The fourth-order valence-electron chi connectivity index (χ4n) is 2.89. The van der Waals surface area contributed by atoms with Crippen LogP contribution in [0.1, 0.15) is 4.88 Å². The molecule has 0 amide bonds. The van der Waals surface area contributed by atoms with Gasteiger partial charge in [-0.25, -0.2) is 4.58 Å². The summed E-state index contributed by atoms with van der Waals surface area (Å²) in [4.78, 5) is 5.06. The summed E-state index contributed by atoms with van der Waals surface area (Å²) in [6.07, 6.45) is 6.76. The monoisotopic (exact) mass is 349 g/mol. The topological polar surface area (TPSA) is 24.7 Å². The van der Waals surface area contributed by atoms with E-state index in [4.69, 9.17) is 9.47 Å². The second-order valence-electron chi connectivity index (χ2n) is 5.70. The summed E-state index contributed by atoms with van der Waals surface area (Å²) >= 11 is 3.73.